The summed E-state index contributed by atoms with van der Waals surface area (Å²) in [5, 5.41) is 4.69. The van der Waals surface area contributed by atoms with Crippen LogP contribution < -0.4 is 9.46 Å². The molecule has 180 valence electrons. The van der Waals surface area contributed by atoms with Crippen LogP contribution in [-0.4, -0.2) is 30.7 Å². The summed E-state index contributed by atoms with van der Waals surface area (Å²) in [6.45, 7) is 6.74. The molecular formula is C27H27N3O4S. The molecule has 1 heterocycles. The van der Waals surface area contributed by atoms with Gasteiger partial charge in [-0.1, -0.05) is 48.5 Å². The fourth-order valence-electron chi connectivity index (χ4n) is 3.85. The summed E-state index contributed by atoms with van der Waals surface area (Å²) in [5.74, 6) is -0.0632. The number of amides is 1. The van der Waals surface area contributed by atoms with Gasteiger partial charge >= 0.3 is 0 Å². The number of ether oxygens (including phenoxy) is 1. The zero-order valence-electron chi connectivity index (χ0n) is 19.9. The van der Waals surface area contributed by atoms with Crippen molar-refractivity contribution in [3.05, 3.63) is 101 Å². The SMILES string of the molecule is CCOc1cccc(-c2cc(C(=O)NS(=O)(=O)c3ccccc3)n(Cc3c(C)cccc3C)n2)c1. The zero-order chi connectivity index (χ0) is 25.0. The van der Waals surface area contributed by atoms with Crippen LogP contribution in [0, 0.1) is 13.8 Å². The van der Waals surface area contributed by atoms with Gasteiger partial charge in [0, 0.05) is 5.56 Å². The van der Waals surface area contributed by atoms with Crippen molar-refractivity contribution in [1.82, 2.24) is 14.5 Å². The summed E-state index contributed by atoms with van der Waals surface area (Å²) in [6, 6.07) is 22.8. The number of hydrogen-bond acceptors (Lipinski definition) is 5. The van der Waals surface area contributed by atoms with Crippen LogP contribution in [0.1, 0.15) is 34.1 Å². The van der Waals surface area contributed by atoms with E-state index in [0.29, 0.717) is 24.6 Å². The van der Waals surface area contributed by atoms with Crippen LogP contribution in [0.2, 0.25) is 0 Å². The van der Waals surface area contributed by atoms with Crippen molar-refractivity contribution in [2.45, 2.75) is 32.2 Å². The molecule has 0 unspecified atom stereocenters. The van der Waals surface area contributed by atoms with Crippen LogP contribution in [-0.2, 0) is 16.6 Å². The van der Waals surface area contributed by atoms with Gasteiger partial charge in [0.05, 0.1) is 23.7 Å². The fourth-order valence-corrected chi connectivity index (χ4v) is 4.84. The molecule has 0 saturated heterocycles. The van der Waals surface area contributed by atoms with E-state index in [4.69, 9.17) is 4.74 Å². The number of nitrogens with zero attached hydrogens (tertiary/aromatic N) is 2. The quantitative estimate of drug-likeness (QED) is 0.386. The van der Waals surface area contributed by atoms with Gasteiger partial charge in [0.2, 0.25) is 0 Å². The monoisotopic (exact) mass is 489 g/mol. The van der Waals surface area contributed by atoms with Crippen molar-refractivity contribution in [3.63, 3.8) is 0 Å². The molecule has 0 saturated carbocycles. The second-order valence-electron chi connectivity index (χ2n) is 8.15. The van der Waals surface area contributed by atoms with Crippen LogP contribution in [0.3, 0.4) is 0 Å². The number of aryl methyl sites for hydroxylation is 2. The number of benzene rings is 3. The van der Waals surface area contributed by atoms with Crippen LogP contribution in [0.25, 0.3) is 11.3 Å². The molecule has 4 aromatic rings. The van der Waals surface area contributed by atoms with E-state index < -0.39 is 15.9 Å². The third kappa shape index (κ3) is 5.44. The van der Waals surface area contributed by atoms with Gasteiger partial charge < -0.3 is 4.74 Å². The number of aromatic nitrogens is 2. The number of rotatable bonds is 8. The Bertz CT molecular complexity index is 1440. The summed E-state index contributed by atoms with van der Waals surface area (Å²) >= 11 is 0. The van der Waals surface area contributed by atoms with E-state index in [-0.39, 0.29) is 10.6 Å². The maximum atomic E-state index is 13.3. The Kier molecular flexibility index (Phi) is 7.02. The van der Waals surface area contributed by atoms with Crippen molar-refractivity contribution in [2.24, 2.45) is 0 Å². The molecule has 1 N–H and O–H groups in total. The molecule has 0 fully saturated rings. The van der Waals surface area contributed by atoms with Crippen molar-refractivity contribution >= 4 is 15.9 Å². The molecule has 1 amide bonds. The number of hydrogen-bond donors (Lipinski definition) is 1. The largest absolute Gasteiger partial charge is 0.494 e. The Labute approximate surface area is 205 Å². The first kappa shape index (κ1) is 24.2. The Morgan fingerprint density at radius 3 is 2.31 bits per heavy atom. The van der Waals surface area contributed by atoms with Gasteiger partial charge in [-0.15, -0.1) is 0 Å². The van der Waals surface area contributed by atoms with Crippen molar-refractivity contribution in [2.75, 3.05) is 6.61 Å². The van der Waals surface area contributed by atoms with Crippen molar-refractivity contribution in [3.8, 4) is 17.0 Å². The first-order chi connectivity index (χ1) is 16.8. The maximum Gasteiger partial charge on any atom is 0.283 e. The van der Waals surface area contributed by atoms with Crippen LogP contribution >= 0.6 is 0 Å². The van der Waals surface area contributed by atoms with Gasteiger partial charge in [-0.05, 0) is 67.8 Å². The van der Waals surface area contributed by atoms with Crippen LogP contribution in [0.5, 0.6) is 5.75 Å². The predicted molar refractivity (Wildman–Crippen MR) is 135 cm³/mol. The van der Waals surface area contributed by atoms with Gasteiger partial charge in [-0.25, -0.2) is 13.1 Å². The van der Waals surface area contributed by atoms with E-state index in [1.54, 1.807) is 28.9 Å². The third-order valence-corrected chi connectivity index (χ3v) is 7.03. The fraction of sp³-hybridized carbons (Fsp3) is 0.185. The average molecular weight is 490 g/mol. The van der Waals surface area contributed by atoms with E-state index in [2.05, 4.69) is 9.82 Å². The average Bonchev–Trinajstić information content (AvgIpc) is 3.27. The van der Waals surface area contributed by atoms with Crippen molar-refractivity contribution < 1.29 is 17.9 Å². The Balaban J connectivity index is 1.75. The Morgan fingerprint density at radius 1 is 0.943 bits per heavy atom. The lowest BCUT2D eigenvalue weighted by atomic mass is 10.0. The number of carbonyl (C=O) groups excluding carboxylic acids is 1. The molecule has 0 radical (unpaired) electrons. The lowest BCUT2D eigenvalue weighted by Gasteiger charge is -2.13. The first-order valence-corrected chi connectivity index (χ1v) is 12.7. The summed E-state index contributed by atoms with van der Waals surface area (Å²) in [4.78, 5) is 13.3. The Hall–Kier alpha value is -3.91. The molecular weight excluding hydrogens is 462 g/mol. The minimum atomic E-state index is -4.04. The van der Waals surface area contributed by atoms with E-state index >= 15 is 0 Å². The standard InChI is InChI=1S/C27H27N3O4S/c1-4-34-22-13-9-12-21(16-22)25-17-26(27(31)29-35(32,33)23-14-6-5-7-15-23)30(28-25)18-24-19(2)10-8-11-20(24)3/h5-17H,4,18H2,1-3H3,(H,29,31). The van der Waals surface area contributed by atoms with Gasteiger partial charge in [0.1, 0.15) is 11.4 Å². The normalized spacial score (nSPS) is 11.3. The smallest absolute Gasteiger partial charge is 0.283 e. The molecule has 1 aromatic heterocycles. The number of sulfonamides is 1. The third-order valence-electron chi connectivity index (χ3n) is 5.69. The number of nitrogens with one attached hydrogen (secondary N) is 1. The molecule has 8 heteroatoms. The summed E-state index contributed by atoms with van der Waals surface area (Å²) in [7, 11) is -4.04. The molecule has 0 aliphatic heterocycles. The predicted octanol–water partition coefficient (Wildman–Crippen LogP) is 4.73. The van der Waals surface area contributed by atoms with Gasteiger partial charge in [-0.2, -0.15) is 5.10 Å². The van der Waals surface area contributed by atoms with E-state index in [9.17, 15) is 13.2 Å². The van der Waals surface area contributed by atoms with E-state index in [1.807, 2.05) is 63.2 Å². The highest BCUT2D eigenvalue weighted by atomic mass is 32.2. The highest BCUT2D eigenvalue weighted by Crippen LogP contribution is 2.25. The van der Waals surface area contributed by atoms with E-state index in [0.717, 1.165) is 22.3 Å². The molecule has 0 aliphatic rings. The van der Waals surface area contributed by atoms with Gasteiger partial charge in [0.25, 0.3) is 15.9 Å². The second-order valence-corrected chi connectivity index (χ2v) is 9.83. The zero-order valence-corrected chi connectivity index (χ0v) is 20.7. The Morgan fingerprint density at radius 2 is 1.63 bits per heavy atom. The van der Waals surface area contributed by atoms with E-state index in [1.165, 1.54) is 12.1 Å². The maximum absolute atomic E-state index is 13.3. The molecule has 35 heavy (non-hydrogen) atoms. The molecule has 3 aromatic carbocycles. The van der Waals surface area contributed by atoms with Crippen molar-refractivity contribution in [1.29, 1.82) is 0 Å². The highest BCUT2D eigenvalue weighted by Gasteiger charge is 2.23. The topological polar surface area (TPSA) is 90.3 Å². The molecule has 0 bridgehead atoms. The summed E-state index contributed by atoms with van der Waals surface area (Å²) < 4.78 is 35.0. The lowest BCUT2D eigenvalue weighted by molar-refractivity contribution is 0.0971. The second kappa shape index (κ2) is 10.1. The molecule has 0 atom stereocenters. The molecule has 4 rings (SSSR count). The minimum absolute atomic E-state index is 0.0128. The molecule has 7 nitrogen and oxygen atoms in total. The number of carbonyl (C=O) groups is 1. The summed E-state index contributed by atoms with van der Waals surface area (Å²) in [5.41, 5.74) is 4.58. The van der Waals surface area contributed by atoms with Gasteiger partial charge in [0.15, 0.2) is 0 Å². The summed E-state index contributed by atoms with van der Waals surface area (Å²) in [6.07, 6.45) is 0. The first-order valence-electron chi connectivity index (χ1n) is 11.3. The highest BCUT2D eigenvalue weighted by molar-refractivity contribution is 7.90. The van der Waals surface area contributed by atoms with Crippen LogP contribution in [0.15, 0.2) is 83.8 Å². The molecule has 0 spiro atoms. The van der Waals surface area contributed by atoms with Crippen LogP contribution in [0.4, 0.5) is 0 Å². The minimum Gasteiger partial charge on any atom is -0.494 e. The van der Waals surface area contributed by atoms with Gasteiger partial charge in [-0.3, -0.25) is 9.48 Å². The molecule has 0 aliphatic carbocycles. The lowest BCUT2D eigenvalue weighted by Crippen LogP contribution is -2.32.